The molecule has 2 aromatic heterocycles. The molecule has 0 unspecified atom stereocenters. The number of fused-ring (bicyclic) bond motifs is 1. The first-order valence-electron chi connectivity index (χ1n) is 11.4. The second-order valence-corrected chi connectivity index (χ2v) is 10.9. The van der Waals surface area contributed by atoms with Crippen molar-refractivity contribution in [2.45, 2.75) is 30.8 Å². The summed E-state index contributed by atoms with van der Waals surface area (Å²) in [6.07, 6.45) is -0.317. The van der Waals surface area contributed by atoms with Crippen LogP contribution in [0.15, 0.2) is 24.4 Å². The lowest BCUT2D eigenvalue weighted by Gasteiger charge is -2.22. The van der Waals surface area contributed by atoms with Gasteiger partial charge in [-0.05, 0) is 36.6 Å². The number of carbonyl (C=O) groups is 1. The van der Waals surface area contributed by atoms with Gasteiger partial charge in [-0.3, -0.25) is 0 Å². The first kappa shape index (κ1) is 29.4. The predicted octanol–water partition coefficient (Wildman–Crippen LogP) is 1.89. The zero-order valence-corrected chi connectivity index (χ0v) is 21.7. The number of anilines is 4. The van der Waals surface area contributed by atoms with Crippen LogP contribution in [0.5, 0.6) is 0 Å². The van der Waals surface area contributed by atoms with E-state index in [1.807, 2.05) is 24.1 Å². The largest absolute Gasteiger partial charge is 0.490 e. The van der Waals surface area contributed by atoms with Crippen molar-refractivity contribution in [3.05, 3.63) is 35.7 Å². The van der Waals surface area contributed by atoms with Gasteiger partial charge >= 0.3 is 12.1 Å². The van der Waals surface area contributed by atoms with Crippen molar-refractivity contribution in [2.24, 2.45) is 5.73 Å². The first-order valence-corrected chi connectivity index (χ1v) is 13.5. The third-order valence-electron chi connectivity index (χ3n) is 5.27. The summed E-state index contributed by atoms with van der Waals surface area (Å²) in [7, 11) is -1.39. The lowest BCUT2D eigenvalue weighted by molar-refractivity contribution is -0.192. The molecule has 1 saturated carbocycles. The molecule has 0 aliphatic heterocycles. The van der Waals surface area contributed by atoms with Gasteiger partial charge in [0, 0.05) is 43.8 Å². The fourth-order valence-electron chi connectivity index (χ4n) is 3.41. The van der Waals surface area contributed by atoms with E-state index in [1.54, 1.807) is 6.07 Å². The van der Waals surface area contributed by atoms with Crippen LogP contribution in [0, 0.1) is 11.3 Å². The van der Waals surface area contributed by atoms with E-state index in [0.29, 0.717) is 47.5 Å². The summed E-state index contributed by atoms with van der Waals surface area (Å²) in [5.41, 5.74) is 8.50. The van der Waals surface area contributed by atoms with Crippen LogP contribution in [0.1, 0.15) is 24.1 Å². The zero-order chi connectivity index (χ0) is 29.0. The molecule has 210 valence electrons. The van der Waals surface area contributed by atoms with Gasteiger partial charge in [0.25, 0.3) is 0 Å². The molecule has 0 spiro atoms. The average Bonchev–Trinajstić information content (AvgIpc) is 3.54. The highest BCUT2D eigenvalue weighted by molar-refractivity contribution is 7.89. The second kappa shape index (κ2) is 11.7. The Hall–Kier alpha value is -4.17. The van der Waals surface area contributed by atoms with Gasteiger partial charge in [-0.1, -0.05) is 0 Å². The Bertz CT molecular complexity index is 1500. The minimum Gasteiger partial charge on any atom is -0.475 e. The number of nitriles is 1. The Kier molecular flexibility index (Phi) is 8.81. The number of hydrogen-bond donors (Lipinski definition) is 4. The summed E-state index contributed by atoms with van der Waals surface area (Å²) in [6, 6.07) is 7.85. The van der Waals surface area contributed by atoms with Gasteiger partial charge < -0.3 is 26.4 Å². The van der Waals surface area contributed by atoms with Gasteiger partial charge in [0.05, 0.1) is 11.9 Å². The zero-order valence-electron chi connectivity index (χ0n) is 20.9. The molecule has 1 aliphatic rings. The van der Waals surface area contributed by atoms with Gasteiger partial charge in [-0.25, -0.2) is 18.2 Å². The van der Waals surface area contributed by atoms with E-state index in [1.165, 1.54) is 17.0 Å². The number of aliphatic carboxylic acids is 1. The van der Waals surface area contributed by atoms with E-state index in [0.717, 1.165) is 18.5 Å². The van der Waals surface area contributed by atoms with Crippen LogP contribution in [0.2, 0.25) is 0 Å². The molecule has 2 heterocycles. The first-order chi connectivity index (χ1) is 18.2. The minimum absolute atomic E-state index is 0.110. The number of nitrogens with zero attached hydrogens (tertiary/aromatic N) is 6. The number of carboxylic acids is 1. The van der Waals surface area contributed by atoms with E-state index in [-0.39, 0.29) is 11.7 Å². The maximum Gasteiger partial charge on any atom is 0.490 e. The maximum absolute atomic E-state index is 12.0. The van der Waals surface area contributed by atoms with E-state index in [4.69, 9.17) is 15.6 Å². The Morgan fingerprint density at radius 1 is 1.36 bits per heavy atom. The Labute approximate surface area is 221 Å². The molecule has 3 aromatic rings. The highest BCUT2D eigenvalue weighted by Crippen LogP contribution is 2.29. The minimum atomic E-state index is -5.08. The van der Waals surface area contributed by atoms with Gasteiger partial charge in [-0.2, -0.15) is 27.9 Å². The summed E-state index contributed by atoms with van der Waals surface area (Å²) < 4.78 is 57.2. The van der Waals surface area contributed by atoms with Crippen LogP contribution < -0.4 is 21.3 Å². The highest BCUT2D eigenvalue weighted by Gasteiger charge is 2.38. The molecule has 13 nitrogen and oxygen atoms in total. The van der Waals surface area contributed by atoms with Gasteiger partial charge in [0.1, 0.15) is 6.07 Å². The van der Waals surface area contributed by atoms with Crippen molar-refractivity contribution in [1.82, 2.24) is 19.6 Å². The fourth-order valence-corrected chi connectivity index (χ4v) is 4.20. The average molecular weight is 570 g/mol. The molecule has 4 rings (SSSR count). The van der Waals surface area contributed by atoms with E-state index in [9.17, 15) is 26.9 Å². The lowest BCUT2D eigenvalue weighted by Crippen LogP contribution is -2.26. The number of carboxylic acid groups (broad SMARTS) is 1. The van der Waals surface area contributed by atoms with Crippen molar-refractivity contribution in [3.63, 3.8) is 0 Å². The molecular weight excluding hydrogens is 543 g/mol. The molecule has 0 radical (unpaired) electrons. The van der Waals surface area contributed by atoms with Crippen molar-refractivity contribution >= 4 is 44.6 Å². The van der Waals surface area contributed by atoms with Crippen LogP contribution >= 0.6 is 0 Å². The number of sulfone groups is 1. The van der Waals surface area contributed by atoms with E-state index < -0.39 is 22.0 Å². The molecule has 0 saturated heterocycles. The van der Waals surface area contributed by atoms with Crippen molar-refractivity contribution in [3.8, 4) is 6.07 Å². The number of nitrogens with one attached hydrogen (secondary N) is 2. The number of benzene rings is 1. The maximum atomic E-state index is 12.0. The lowest BCUT2D eigenvalue weighted by atomic mass is 10.1. The van der Waals surface area contributed by atoms with Gasteiger partial charge in [0.15, 0.2) is 27.0 Å². The normalized spacial score (nSPS) is 13.3. The number of imidazole rings is 1. The molecule has 5 N–H and O–H groups in total. The summed E-state index contributed by atoms with van der Waals surface area (Å²) in [4.78, 5) is 19.6. The van der Waals surface area contributed by atoms with E-state index in [2.05, 4.69) is 31.8 Å². The SMILES string of the molecule is CN(CCN)c1ccc(Nc2nc(NC3CC3)c3ncc(C#N)n3n2)cc1CS(C)(=O)=O.O=C(O)C(F)(F)F. The number of likely N-dealkylation sites (N-methyl/N-ethyl adjacent to an activating group) is 1. The highest BCUT2D eigenvalue weighted by atomic mass is 32.2. The summed E-state index contributed by atoms with van der Waals surface area (Å²) >= 11 is 0. The number of halogens is 3. The molecule has 39 heavy (non-hydrogen) atoms. The smallest absolute Gasteiger partial charge is 0.475 e. The number of hydrogen-bond acceptors (Lipinski definition) is 11. The summed E-state index contributed by atoms with van der Waals surface area (Å²) in [5.74, 6) is -2.06. The molecule has 1 aromatic carbocycles. The number of alkyl halides is 3. The van der Waals surface area contributed by atoms with Crippen LogP contribution in [0.4, 0.5) is 36.3 Å². The third kappa shape index (κ3) is 8.15. The second-order valence-electron chi connectivity index (χ2n) is 8.75. The van der Waals surface area contributed by atoms with Crippen molar-refractivity contribution in [1.29, 1.82) is 5.26 Å². The Morgan fingerprint density at radius 2 is 2.03 bits per heavy atom. The quantitative estimate of drug-likeness (QED) is 0.293. The van der Waals surface area contributed by atoms with Crippen LogP contribution in [0.3, 0.4) is 0 Å². The molecule has 0 atom stereocenters. The third-order valence-corrected chi connectivity index (χ3v) is 6.10. The summed E-state index contributed by atoms with van der Waals surface area (Å²) in [6.45, 7) is 1.04. The molecular formula is C22H26F3N9O4S. The standard InChI is InChI=1S/C20H25N9O2S.C2HF3O2/c1-28(8-7-21)17-6-5-15(9-13(17)12-32(2,30)31)25-20-26-18(24-14-3-4-14)19-23-11-16(10-22)29(19)27-20;3-2(4,5)1(6)7/h5-6,9,11,14H,3-4,7-8,12,21H2,1-2H3,(H2,24,25,26,27);(H,6,7). The monoisotopic (exact) mass is 569 g/mol. The molecule has 0 bridgehead atoms. The van der Waals surface area contributed by atoms with Gasteiger partial charge in [-0.15, -0.1) is 5.10 Å². The Balaban J connectivity index is 0.000000532. The number of nitrogens with two attached hydrogens (primary N) is 1. The van der Waals surface area contributed by atoms with Crippen LogP contribution in [-0.2, 0) is 20.4 Å². The predicted molar refractivity (Wildman–Crippen MR) is 136 cm³/mol. The van der Waals surface area contributed by atoms with Crippen LogP contribution in [-0.4, -0.2) is 77.7 Å². The summed E-state index contributed by atoms with van der Waals surface area (Å²) in [5, 5.41) is 27.4. The molecule has 1 fully saturated rings. The molecule has 0 amide bonds. The topological polar surface area (TPSA) is 192 Å². The number of aromatic nitrogens is 4. The fraction of sp³-hybridized carbons (Fsp3) is 0.409. The van der Waals surface area contributed by atoms with Crippen molar-refractivity contribution < 1.29 is 31.5 Å². The van der Waals surface area contributed by atoms with Crippen molar-refractivity contribution in [2.75, 3.05) is 41.9 Å². The molecule has 17 heteroatoms. The Morgan fingerprint density at radius 3 is 2.56 bits per heavy atom. The van der Waals surface area contributed by atoms with E-state index >= 15 is 0 Å². The van der Waals surface area contributed by atoms with Gasteiger partial charge in [0.2, 0.25) is 5.95 Å². The molecule has 1 aliphatic carbocycles. The van der Waals surface area contributed by atoms with Crippen LogP contribution in [0.25, 0.3) is 5.65 Å². The number of rotatable bonds is 9.